The minimum atomic E-state index is 0.112. The number of amides is 1. The lowest BCUT2D eigenvalue weighted by Gasteiger charge is -2.33. The molecule has 1 aliphatic heterocycles. The lowest BCUT2D eigenvalue weighted by Crippen LogP contribution is -2.50. The summed E-state index contributed by atoms with van der Waals surface area (Å²) in [6, 6.07) is 8.67. The van der Waals surface area contributed by atoms with Crippen LogP contribution in [0.2, 0.25) is 0 Å². The Kier molecular flexibility index (Phi) is 3.31. The van der Waals surface area contributed by atoms with E-state index in [2.05, 4.69) is 41.8 Å². The van der Waals surface area contributed by atoms with Gasteiger partial charge >= 0.3 is 0 Å². The minimum absolute atomic E-state index is 0.112. The number of benzene rings is 1. The van der Waals surface area contributed by atoms with Crippen LogP contribution in [0.15, 0.2) is 24.3 Å². The van der Waals surface area contributed by atoms with Gasteiger partial charge in [-0.25, -0.2) is 0 Å². The van der Waals surface area contributed by atoms with Gasteiger partial charge in [-0.05, 0) is 42.5 Å². The van der Waals surface area contributed by atoms with Gasteiger partial charge in [-0.3, -0.25) is 4.79 Å². The Labute approximate surface area is 114 Å². The highest BCUT2D eigenvalue weighted by molar-refractivity contribution is 5.79. The second-order valence-corrected chi connectivity index (χ2v) is 6.07. The van der Waals surface area contributed by atoms with E-state index in [1.165, 1.54) is 11.1 Å². The topological polar surface area (TPSA) is 41.1 Å². The van der Waals surface area contributed by atoms with Gasteiger partial charge in [0.2, 0.25) is 5.91 Å². The van der Waals surface area contributed by atoms with E-state index in [0.717, 1.165) is 19.5 Å². The minimum Gasteiger partial charge on any atom is -0.349 e. The third-order valence-electron chi connectivity index (χ3n) is 4.73. The number of rotatable bonds is 3. The number of nitrogens with one attached hydrogen (secondary N) is 2. The zero-order chi connectivity index (χ0) is 13.4. The molecule has 1 saturated heterocycles. The molecular weight excluding hydrogens is 236 g/mol. The van der Waals surface area contributed by atoms with E-state index in [1.54, 1.807) is 0 Å². The van der Waals surface area contributed by atoms with Crippen LogP contribution in [0.4, 0.5) is 0 Å². The van der Waals surface area contributed by atoms with E-state index in [-0.39, 0.29) is 17.9 Å². The zero-order valence-corrected chi connectivity index (χ0v) is 11.6. The van der Waals surface area contributed by atoms with Crippen LogP contribution in [0.3, 0.4) is 0 Å². The molecule has 2 aliphatic rings. The average Bonchev–Trinajstić information content (AvgIpc) is 2.64. The Morgan fingerprint density at radius 3 is 2.79 bits per heavy atom. The molecule has 1 aliphatic carbocycles. The van der Waals surface area contributed by atoms with Crippen molar-refractivity contribution >= 4 is 5.91 Å². The summed E-state index contributed by atoms with van der Waals surface area (Å²) in [5.41, 5.74) is 2.69. The molecule has 3 heteroatoms. The van der Waals surface area contributed by atoms with Crippen LogP contribution in [0, 0.1) is 17.8 Å². The fourth-order valence-corrected chi connectivity index (χ4v) is 3.18. The molecule has 1 fully saturated rings. The van der Waals surface area contributed by atoms with Gasteiger partial charge in [0.15, 0.2) is 0 Å². The van der Waals surface area contributed by atoms with Crippen molar-refractivity contribution in [2.24, 2.45) is 17.8 Å². The van der Waals surface area contributed by atoms with Crippen molar-refractivity contribution in [3.05, 3.63) is 35.4 Å². The van der Waals surface area contributed by atoms with Gasteiger partial charge in [0.1, 0.15) is 0 Å². The standard InChI is InChI=1S/C16H22N2O/c1-10-7-12-5-3-4-6-14(12)15(10)18-16(19)11(2)13-8-17-9-13/h3-6,10-11,13,15,17H,7-9H2,1-2H3,(H,18,19). The third kappa shape index (κ3) is 2.27. The second kappa shape index (κ2) is 4.97. The van der Waals surface area contributed by atoms with Gasteiger partial charge in [0.25, 0.3) is 0 Å². The summed E-state index contributed by atoms with van der Waals surface area (Å²) in [5, 5.41) is 6.50. The number of hydrogen-bond donors (Lipinski definition) is 2. The summed E-state index contributed by atoms with van der Waals surface area (Å²) in [7, 11) is 0. The molecular formula is C16H22N2O. The fraction of sp³-hybridized carbons (Fsp3) is 0.562. The van der Waals surface area contributed by atoms with Crippen LogP contribution >= 0.6 is 0 Å². The van der Waals surface area contributed by atoms with E-state index < -0.39 is 0 Å². The highest BCUT2D eigenvalue weighted by atomic mass is 16.2. The SMILES string of the molecule is CC1Cc2ccccc2C1NC(=O)C(C)C1CNC1. The molecule has 1 aromatic rings. The third-order valence-corrected chi connectivity index (χ3v) is 4.73. The van der Waals surface area contributed by atoms with Gasteiger partial charge in [0.05, 0.1) is 6.04 Å². The molecule has 0 aromatic heterocycles. The largest absolute Gasteiger partial charge is 0.349 e. The van der Waals surface area contributed by atoms with Crippen LogP contribution in [-0.4, -0.2) is 19.0 Å². The summed E-state index contributed by atoms with van der Waals surface area (Å²) in [5.74, 6) is 1.32. The Balaban J connectivity index is 1.71. The second-order valence-electron chi connectivity index (χ2n) is 6.07. The predicted molar refractivity (Wildman–Crippen MR) is 75.7 cm³/mol. The van der Waals surface area contributed by atoms with Gasteiger partial charge in [-0.1, -0.05) is 38.1 Å². The lowest BCUT2D eigenvalue weighted by molar-refractivity contribution is -0.127. The molecule has 3 atom stereocenters. The first kappa shape index (κ1) is 12.7. The van der Waals surface area contributed by atoms with Crippen molar-refractivity contribution < 1.29 is 4.79 Å². The number of hydrogen-bond acceptors (Lipinski definition) is 2. The molecule has 102 valence electrons. The molecule has 0 radical (unpaired) electrons. The summed E-state index contributed by atoms with van der Waals surface area (Å²) < 4.78 is 0. The van der Waals surface area contributed by atoms with Crippen molar-refractivity contribution in [2.75, 3.05) is 13.1 Å². The molecule has 2 N–H and O–H groups in total. The molecule has 3 nitrogen and oxygen atoms in total. The maximum absolute atomic E-state index is 12.3. The first-order valence-corrected chi connectivity index (χ1v) is 7.25. The Hall–Kier alpha value is -1.35. The highest BCUT2D eigenvalue weighted by Crippen LogP contribution is 2.36. The number of carbonyl (C=O) groups excluding carboxylic acids is 1. The van der Waals surface area contributed by atoms with Crippen LogP contribution < -0.4 is 10.6 Å². The summed E-state index contributed by atoms with van der Waals surface area (Å²) in [6.45, 7) is 6.23. The van der Waals surface area contributed by atoms with Crippen molar-refractivity contribution in [3.8, 4) is 0 Å². The smallest absolute Gasteiger partial charge is 0.223 e. The van der Waals surface area contributed by atoms with E-state index >= 15 is 0 Å². The van der Waals surface area contributed by atoms with Crippen LogP contribution in [0.1, 0.15) is 31.0 Å². The molecule has 0 saturated carbocycles. The average molecular weight is 258 g/mol. The Morgan fingerprint density at radius 1 is 1.37 bits per heavy atom. The highest BCUT2D eigenvalue weighted by Gasteiger charge is 2.34. The summed E-state index contributed by atoms with van der Waals surface area (Å²) in [6.07, 6.45) is 1.07. The van der Waals surface area contributed by atoms with E-state index in [1.807, 2.05) is 6.92 Å². The van der Waals surface area contributed by atoms with Crippen molar-refractivity contribution in [1.29, 1.82) is 0 Å². The Bertz CT molecular complexity index is 481. The number of fused-ring (bicyclic) bond motifs is 1. The van der Waals surface area contributed by atoms with E-state index in [9.17, 15) is 4.79 Å². The normalized spacial score (nSPS) is 27.5. The van der Waals surface area contributed by atoms with Crippen LogP contribution in [0.25, 0.3) is 0 Å². The lowest BCUT2D eigenvalue weighted by atomic mass is 9.88. The summed E-state index contributed by atoms with van der Waals surface area (Å²) in [4.78, 5) is 12.3. The maximum Gasteiger partial charge on any atom is 0.223 e. The summed E-state index contributed by atoms with van der Waals surface area (Å²) >= 11 is 0. The molecule has 1 heterocycles. The van der Waals surface area contributed by atoms with Crippen LogP contribution in [0.5, 0.6) is 0 Å². The Morgan fingerprint density at radius 2 is 2.11 bits per heavy atom. The van der Waals surface area contributed by atoms with Crippen molar-refractivity contribution in [3.63, 3.8) is 0 Å². The van der Waals surface area contributed by atoms with Gasteiger partial charge < -0.3 is 10.6 Å². The molecule has 3 rings (SSSR count). The monoisotopic (exact) mass is 258 g/mol. The van der Waals surface area contributed by atoms with Gasteiger partial charge in [0, 0.05) is 5.92 Å². The molecule has 0 bridgehead atoms. The van der Waals surface area contributed by atoms with E-state index in [4.69, 9.17) is 0 Å². The molecule has 19 heavy (non-hydrogen) atoms. The number of carbonyl (C=O) groups is 1. The van der Waals surface area contributed by atoms with E-state index in [0.29, 0.717) is 11.8 Å². The molecule has 1 aromatic carbocycles. The first-order valence-electron chi connectivity index (χ1n) is 7.25. The maximum atomic E-state index is 12.3. The van der Waals surface area contributed by atoms with Gasteiger partial charge in [-0.15, -0.1) is 0 Å². The molecule has 1 amide bonds. The van der Waals surface area contributed by atoms with Crippen molar-refractivity contribution in [1.82, 2.24) is 10.6 Å². The first-order chi connectivity index (χ1) is 9.16. The van der Waals surface area contributed by atoms with Crippen molar-refractivity contribution in [2.45, 2.75) is 26.3 Å². The predicted octanol–water partition coefficient (Wildman–Crippen LogP) is 1.89. The molecule has 3 unspecified atom stereocenters. The van der Waals surface area contributed by atoms with Gasteiger partial charge in [-0.2, -0.15) is 0 Å². The quantitative estimate of drug-likeness (QED) is 0.869. The zero-order valence-electron chi connectivity index (χ0n) is 11.6. The van der Waals surface area contributed by atoms with Crippen LogP contribution in [-0.2, 0) is 11.2 Å². The molecule has 0 spiro atoms. The fourth-order valence-electron chi connectivity index (χ4n) is 3.18.